The van der Waals surface area contributed by atoms with Gasteiger partial charge in [-0.1, -0.05) is 12.5 Å². The predicted molar refractivity (Wildman–Crippen MR) is 109 cm³/mol. The Balaban J connectivity index is 1.35. The van der Waals surface area contributed by atoms with Crippen molar-refractivity contribution in [1.29, 1.82) is 0 Å². The normalized spacial score (nSPS) is 26.2. The molecule has 7 nitrogen and oxygen atoms in total. The summed E-state index contributed by atoms with van der Waals surface area (Å²) in [6.07, 6.45) is 5.30. The number of rotatable bonds is 5. The van der Waals surface area contributed by atoms with Crippen molar-refractivity contribution in [2.24, 2.45) is 5.10 Å². The van der Waals surface area contributed by atoms with Gasteiger partial charge in [-0.25, -0.2) is 5.01 Å². The van der Waals surface area contributed by atoms with Gasteiger partial charge >= 0.3 is 0 Å². The van der Waals surface area contributed by atoms with E-state index < -0.39 is 0 Å². The van der Waals surface area contributed by atoms with E-state index in [0.29, 0.717) is 26.2 Å². The monoisotopic (exact) mass is 415 g/mol. The Morgan fingerprint density at radius 3 is 2.86 bits per heavy atom. The zero-order chi connectivity index (χ0) is 19.6. The van der Waals surface area contributed by atoms with Crippen LogP contribution < -0.4 is 0 Å². The van der Waals surface area contributed by atoms with Crippen molar-refractivity contribution in [3.05, 3.63) is 46.5 Å². The molecule has 0 aromatic carbocycles. The summed E-state index contributed by atoms with van der Waals surface area (Å²) in [4.78, 5) is 16.7. The van der Waals surface area contributed by atoms with Gasteiger partial charge in [0, 0.05) is 11.3 Å². The molecule has 0 N–H and O–H groups in total. The number of ether oxygens (including phenoxy) is 2. The molecule has 2 fully saturated rings. The van der Waals surface area contributed by atoms with Crippen molar-refractivity contribution in [2.45, 2.75) is 44.1 Å². The van der Waals surface area contributed by atoms with Gasteiger partial charge in [0.15, 0.2) is 6.29 Å². The highest BCUT2D eigenvalue weighted by Gasteiger charge is 2.38. The number of piperidine rings is 1. The Labute approximate surface area is 173 Å². The lowest BCUT2D eigenvalue weighted by Gasteiger charge is -2.38. The van der Waals surface area contributed by atoms with Gasteiger partial charge in [-0.2, -0.15) is 5.10 Å². The number of nitrogens with zero attached hydrogens (tertiary/aromatic N) is 3. The number of hydrazone groups is 1. The molecule has 1 amide bonds. The number of carbonyl (C=O) groups excluding carboxylic acids is 1. The molecular weight excluding hydrogens is 390 g/mol. The Hall–Kier alpha value is -2.00. The van der Waals surface area contributed by atoms with Gasteiger partial charge in [-0.05, 0) is 43.0 Å². The van der Waals surface area contributed by atoms with E-state index in [9.17, 15) is 4.79 Å². The lowest BCUT2D eigenvalue weighted by atomic mass is 10.0. The second-order valence-electron chi connectivity index (χ2n) is 7.64. The molecule has 0 bridgehead atoms. The van der Waals surface area contributed by atoms with Crippen molar-refractivity contribution in [3.63, 3.8) is 0 Å². The van der Waals surface area contributed by atoms with E-state index in [1.165, 1.54) is 0 Å². The van der Waals surface area contributed by atoms with Gasteiger partial charge in [0.2, 0.25) is 0 Å². The summed E-state index contributed by atoms with van der Waals surface area (Å²) in [5.74, 6) is 0.736. The molecule has 2 saturated heterocycles. The Morgan fingerprint density at radius 1 is 1.21 bits per heavy atom. The first-order chi connectivity index (χ1) is 14.3. The van der Waals surface area contributed by atoms with E-state index >= 15 is 0 Å². The van der Waals surface area contributed by atoms with Crippen LogP contribution in [0.15, 0.2) is 45.4 Å². The molecular formula is C21H25N3O4S. The first kappa shape index (κ1) is 19.0. The molecule has 2 atom stereocenters. The van der Waals surface area contributed by atoms with Crippen molar-refractivity contribution in [2.75, 3.05) is 26.3 Å². The molecule has 2 unspecified atom stereocenters. The lowest BCUT2D eigenvalue weighted by Crippen LogP contribution is -2.51. The van der Waals surface area contributed by atoms with Gasteiger partial charge in [0.1, 0.15) is 11.5 Å². The molecule has 3 aliphatic rings. The minimum atomic E-state index is -0.225. The van der Waals surface area contributed by atoms with Crippen molar-refractivity contribution < 1.29 is 18.7 Å². The van der Waals surface area contributed by atoms with Crippen LogP contribution in [-0.4, -0.2) is 60.2 Å². The van der Waals surface area contributed by atoms with E-state index in [-0.39, 0.29) is 24.3 Å². The summed E-state index contributed by atoms with van der Waals surface area (Å²) in [5, 5.41) is 8.38. The van der Waals surface area contributed by atoms with Crippen LogP contribution in [0.2, 0.25) is 0 Å². The maximum atomic E-state index is 13.4. The molecule has 0 aliphatic carbocycles. The van der Waals surface area contributed by atoms with E-state index in [2.05, 4.69) is 16.1 Å². The summed E-state index contributed by atoms with van der Waals surface area (Å²) >= 11 is 1.66. The minimum absolute atomic E-state index is 0.00912. The average Bonchev–Trinajstić information content (AvgIpc) is 3.55. The van der Waals surface area contributed by atoms with Crippen molar-refractivity contribution in [1.82, 2.24) is 9.91 Å². The highest BCUT2D eigenvalue weighted by Crippen LogP contribution is 2.35. The molecule has 0 radical (unpaired) electrons. The third-order valence-corrected chi connectivity index (χ3v) is 6.78. The van der Waals surface area contributed by atoms with Crippen LogP contribution in [0.3, 0.4) is 0 Å². The number of furan rings is 1. The van der Waals surface area contributed by atoms with Crippen LogP contribution in [0.5, 0.6) is 0 Å². The third-order valence-electron chi connectivity index (χ3n) is 5.81. The zero-order valence-corrected chi connectivity index (χ0v) is 17.1. The van der Waals surface area contributed by atoms with Crippen LogP contribution in [-0.2, 0) is 14.3 Å². The summed E-state index contributed by atoms with van der Waals surface area (Å²) < 4.78 is 17.0. The topological polar surface area (TPSA) is 67.5 Å². The number of carbonyl (C=O) groups is 1. The van der Waals surface area contributed by atoms with E-state index in [4.69, 9.17) is 13.9 Å². The van der Waals surface area contributed by atoms with Crippen LogP contribution in [0.25, 0.3) is 0 Å². The van der Waals surface area contributed by atoms with E-state index in [1.807, 2.05) is 23.6 Å². The lowest BCUT2D eigenvalue weighted by molar-refractivity contribution is -0.141. The maximum Gasteiger partial charge on any atom is 0.257 e. The Morgan fingerprint density at radius 2 is 2.10 bits per heavy atom. The van der Waals surface area contributed by atoms with Gasteiger partial charge < -0.3 is 13.9 Å². The van der Waals surface area contributed by atoms with Crippen LogP contribution in [0, 0.1) is 0 Å². The molecule has 3 aliphatic heterocycles. The van der Waals surface area contributed by atoms with Crippen LogP contribution >= 0.6 is 11.3 Å². The summed E-state index contributed by atoms with van der Waals surface area (Å²) in [5.41, 5.74) is 0.819. The number of thiophene rings is 1. The minimum Gasteiger partial charge on any atom is -0.463 e. The summed E-state index contributed by atoms with van der Waals surface area (Å²) in [6, 6.07) is 7.88. The standard InChI is InChI=1S/C21H25N3O4S/c25-20(14-23-8-2-1-5-16(23)21-27-10-11-28-21)24-17(19-7-4-12-29-19)13-15(22-24)18-6-3-9-26-18/h3-4,6-7,9,12,16-17,21H,1-2,5,8,10-11,13-14H2. The van der Waals surface area contributed by atoms with Gasteiger partial charge in [0.05, 0.1) is 38.1 Å². The fourth-order valence-electron chi connectivity index (χ4n) is 4.40. The first-order valence-corrected chi connectivity index (χ1v) is 11.1. The van der Waals surface area contributed by atoms with E-state index in [1.54, 1.807) is 22.6 Å². The molecule has 5 heterocycles. The third kappa shape index (κ3) is 3.90. The van der Waals surface area contributed by atoms with Gasteiger partial charge in [-0.15, -0.1) is 11.3 Å². The van der Waals surface area contributed by atoms with Crippen LogP contribution in [0.1, 0.15) is 42.4 Å². The number of hydrogen-bond donors (Lipinski definition) is 0. The molecule has 0 saturated carbocycles. The Bertz CT molecular complexity index is 845. The number of hydrogen-bond acceptors (Lipinski definition) is 7. The molecule has 2 aromatic rings. The van der Waals surface area contributed by atoms with Gasteiger partial charge in [0.25, 0.3) is 5.91 Å². The zero-order valence-electron chi connectivity index (χ0n) is 16.2. The second kappa shape index (κ2) is 8.39. The molecule has 8 heteroatoms. The first-order valence-electron chi connectivity index (χ1n) is 10.2. The van der Waals surface area contributed by atoms with Crippen molar-refractivity contribution >= 4 is 23.0 Å². The second-order valence-corrected chi connectivity index (χ2v) is 8.62. The molecule has 2 aromatic heterocycles. The summed E-state index contributed by atoms with van der Waals surface area (Å²) in [6.45, 7) is 2.47. The Kier molecular flexibility index (Phi) is 5.50. The van der Waals surface area contributed by atoms with Gasteiger partial charge in [-0.3, -0.25) is 9.69 Å². The molecule has 0 spiro atoms. The number of amides is 1. The summed E-state index contributed by atoms with van der Waals surface area (Å²) in [7, 11) is 0. The predicted octanol–water partition coefficient (Wildman–Crippen LogP) is 3.25. The highest BCUT2D eigenvalue weighted by molar-refractivity contribution is 7.10. The largest absolute Gasteiger partial charge is 0.463 e. The quantitative estimate of drug-likeness (QED) is 0.750. The smallest absolute Gasteiger partial charge is 0.257 e. The van der Waals surface area contributed by atoms with E-state index in [0.717, 1.165) is 42.2 Å². The van der Waals surface area contributed by atoms with Crippen LogP contribution in [0.4, 0.5) is 0 Å². The van der Waals surface area contributed by atoms with Crippen molar-refractivity contribution in [3.8, 4) is 0 Å². The molecule has 29 heavy (non-hydrogen) atoms. The molecule has 5 rings (SSSR count). The maximum absolute atomic E-state index is 13.4. The fourth-order valence-corrected chi connectivity index (χ4v) is 5.21. The average molecular weight is 416 g/mol. The molecule has 154 valence electrons. The number of likely N-dealkylation sites (tertiary alicyclic amines) is 1. The fraction of sp³-hybridized carbons (Fsp3) is 0.524. The SMILES string of the molecule is O=C(CN1CCCCC1C1OCCO1)N1N=C(c2ccco2)CC1c1cccs1. The highest BCUT2D eigenvalue weighted by atomic mass is 32.1.